The summed E-state index contributed by atoms with van der Waals surface area (Å²) in [4.78, 5) is 0. The largest absolute Gasteiger partial charge is 0.454 e. The van der Waals surface area contributed by atoms with Crippen LogP contribution in [0.2, 0.25) is 0 Å². The number of halogens is 2. The summed E-state index contributed by atoms with van der Waals surface area (Å²) in [5.74, 6) is 1.61. The molecule has 0 amide bonds. The van der Waals surface area contributed by atoms with E-state index in [-0.39, 0.29) is 12.2 Å². The first-order chi connectivity index (χ1) is 18.9. The topological polar surface area (TPSA) is 18.5 Å². The smallest absolute Gasteiger partial charge is 0.231 e. The average Bonchev–Trinajstić information content (AvgIpc) is 3.57. The van der Waals surface area contributed by atoms with Crippen molar-refractivity contribution < 1.29 is 9.47 Å². The Kier molecular flexibility index (Phi) is 4.88. The summed E-state index contributed by atoms with van der Waals surface area (Å²) in [6, 6.07) is 35.5. The minimum atomic E-state index is -0.546. The highest BCUT2D eigenvalue weighted by molar-refractivity contribution is 9.10. The third kappa shape index (κ3) is 3.02. The molecule has 0 N–H and O–H groups in total. The van der Waals surface area contributed by atoms with Crippen molar-refractivity contribution >= 4 is 31.9 Å². The Morgan fingerprint density at radius 1 is 0.564 bits per heavy atom. The van der Waals surface area contributed by atoms with Crippen LogP contribution in [0.1, 0.15) is 47.2 Å². The van der Waals surface area contributed by atoms with Gasteiger partial charge in [-0.3, -0.25) is 0 Å². The SMILES string of the molecule is CC1(C)c2ccccc2-c2c1ccc1c2-c2cc3c(cc2C1(c1cccc(Br)c1)c1cccc(Br)c1)OCO3. The van der Waals surface area contributed by atoms with Crippen LogP contribution in [0.25, 0.3) is 22.3 Å². The Morgan fingerprint density at radius 3 is 1.87 bits per heavy atom. The van der Waals surface area contributed by atoms with Gasteiger partial charge >= 0.3 is 0 Å². The van der Waals surface area contributed by atoms with Crippen molar-refractivity contribution in [2.75, 3.05) is 6.79 Å². The number of hydrogen-bond acceptors (Lipinski definition) is 2. The Labute approximate surface area is 244 Å². The summed E-state index contributed by atoms with van der Waals surface area (Å²) in [6.45, 7) is 4.93. The lowest BCUT2D eigenvalue weighted by Gasteiger charge is -2.34. The maximum atomic E-state index is 5.98. The van der Waals surface area contributed by atoms with E-state index in [1.165, 1.54) is 55.6 Å². The van der Waals surface area contributed by atoms with Crippen molar-refractivity contribution in [1.82, 2.24) is 0 Å². The van der Waals surface area contributed by atoms with E-state index in [9.17, 15) is 0 Å². The number of rotatable bonds is 2. The average molecular weight is 636 g/mol. The Morgan fingerprint density at radius 2 is 1.18 bits per heavy atom. The maximum absolute atomic E-state index is 5.98. The van der Waals surface area contributed by atoms with Gasteiger partial charge in [-0.2, -0.15) is 0 Å². The van der Waals surface area contributed by atoms with Gasteiger partial charge < -0.3 is 9.47 Å². The molecule has 0 saturated heterocycles. The van der Waals surface area contributed by atoms with Gasteiger partial charge in [0, 0.05) is 14.4 Å². The molecule has 0 spiro atoms. The van der Waals surface area contributed by atoms with E-state index in [0.717, 1.165) is 20.4 Å². The number of benzene rings is 5. The third-order valence-corrected chi connectivity index (χ3v) is 9.84. The molecule has 0 unspecified atom stereocenters. The van der Waals surface area contributed by atoms with Crippen molar-refractivity contribution in [3.63, 3.8) is 0 Å². The van der Waals surface area contributed by atoms with Gasteiger partial charge in [-0.05, 0) is 92.0 Å². The summed E-state index contributed by atoms with van der Waals surface area (Å²) in [5.41, 5.74) is 12.2. The van der Waals surface area contributed by atoms with Gasteiger partial charge in [-0.1, -0.05) is 106 Å². The highest BCUT2D eigenvalue weighted by Crippen LogP contribution is 2.64. The van der Waals surface area contributed by atoms with Crippen LogP contribution in [-0.4, -0.2) is 6.79 Å². The maximum Gasteiger partial charge on any atom is 0.231 e. The van der Waals surface area contributed by atoms with E-state index in [1.54, 1.807) is 0 Å². The van der Waals surface area contributed by atoms with E-state index in [1.807, 2.05) is 0 Å². The molecule has 0 bridgehead atoms. The molecule has 4 heteroatoms. The highest BCUT2D eigenvalue weighted by atomic mass is 79.9. The summed E-state index contributed by atoms with van der Waals surface area (Å²) in [7, 11) is 0. The first-order valence-electron chi connectivity index (χ1n) is 13.1. The zero-order valence-corrected chi connectivity index (χ0v) is 24.7. The lowest BCUT2D eigenvalue weighted by atomic mass is 9.67. The minimum absolute atomic E-state index is 0.0890. The molecular formula is C35H24Br2O2. The molecule has 39 heavy (non-hydrogen) atoms. The van der Waals surface area contributed by atoms with Crippen LogP contribution in [-0.2, 0) is 10.8 Å². The van der Waals surface area contributed by atoms with Gasteiger partial charge in [0.25, 0.3) is 0 Å². The fourth-order valence-electron chi connectivity index (χ4n) is 7.22. The second-order valence-electron chi connectivity index (χ2n) is 11.1. The van der Waals surface area contributed by atoms with Crippen molar-refractivity contribution in [3.8, 4) is 33.8 Å². The van der Waals surface area contributed by atoms with Crippen molar-refractivity contribution in [3.05, 3.63) is 139 Å². The molecule has 5 aromatic carbocycles. The summed E-state index contributed by atoms with van der Waals surface area (Å²) >= 11 is 7.56. The third-order valence-electron chi connectivity index (χ3n) is 8.85. The van der Waals surface area contributed by atoms with Crippen molar-refractivity contribution in [2.45, 2.75) is 24.7 Å². The second kappa shape index (κ2) is 8.09. The van der Waals surface area contributed by atoms with Crippen LogP contribution in [0.5, 0.6) is 11.5 Å². The number of ether oxygens (including phenoxy) is 2. The zero-order valence-electron chi connectivity index (χ0n) is 21.5. The molecule has 2 aliphatic carbocycles. The molecule has 0 saturated carbocycles. The lowest BCUT2D eigenvalue weighted by molar-refractivity contribution is 0.174. The van der Waals surface area contributed by atoms with Gasteiger partial charge in [0.15, 0.2) is 11.5 Å². The van der Waals surface area contributed by atoms with Crippen molar-refractivity contribution in [2.24, 2.45) is 0 Å². The van der Waals surface area contributed by atoms with Gasteiger partial charge in [0.2, 0.25) is 6.79 Å². The Balaban J connectivity index is 1.59. The Hall–Kier alpha value is -3.34. The van der Waals surface area contributed by atoms with Gasteiger partial charge in [-0.15, -0.1) is 0 Å². The van der Waals surface area contributed by atoms with E-state index in [0.29, 0.717) is 0 Å². The van der Waals surface area contributed by atoms with Crippen LogP contribution in [0, 0.1) is 0 Å². The summed E-state index contributed by atoms with van der Waals surface area (Å²) < 4.78 is 14.0. The molecule has 8 rings (SSSR count). The molecule has 5 aromatic rings. The van der Waals surface area contributed by atoms with E-state index < -0.39 is 5.41 Å². The molecule has 1 heterocycles. The monoisotopic (exact) mass is 634 g/mol. The van der Waals surface area contributed by atoms with Crippen molar-refractivity contribution in [1.29, 1.82) is 0 Å². The minimum Gasteiger partial charge on any atom is -0.454 e. The van der Waals surface area contributed by atoms with Crippen LogP contribution < -0.4 is 9.47 Å². The summed E-state index contributed by atoms with van der Waals surface area (Å²) in [5, 5.41) is 0. The fraction of sp³-hybridized carbons (Fsp3) is 0.143. The quantitative estimate of drug-likeness (QED) is 0.189. The first-order valence-corrected chi connectivity index (χ1v) is 14.7. The fourth-order valence-corrected chi connectivity index (χ4v) is 8.02. The highest BCUT2D eigenvalue weighted by Gasteiger charge is 2.50. The first kappa shape index (κ1) is 23.5. The lowest BCUT2D eigenvalue weighted by Crippen LogP contribution is -2.28. The predicted molar refractivity (Wildman–Crippen MR) is 163 cm³/mol. The molecule has 190 valence electrons. The number of fused-ring (bicyclic) bond motifs is 8. The number of hydrogen-bond donors (Lipinski definition) is 0. The molecule has 0 atom stereocenters. The zero-order chi connectivity index (χ0) is 26.5. The Bertz CT molecular complexity index is 1810. The normalized spacial score (nSPS) is 16.4. The summed E-state index contributed by atoms with van der Waals surface area (Å²) in [6.07, 6.45) is 0. The predicted octanol–water partition coefficient (Wildman–Crippen LogP) is 9.61. The van der Waals surface area contributed by atoms with Crippen LogP contribution >= 0.6 is 31.9 Å². The molecular weight excluding hydrogens is 612 g/mol. The van der Waals surface area contributed by atoms with Crippen LogP contribution in [0.3, 0.4) is 0 Å². The molecule has 0 radical (unpaired) electrons. The molecule has 0 fully saturated rings. The van der Waals surface area contributed by atoms with E-state index in [2.05, 4.69) is 143 Å². The van der Waals surface area contributed by atoms with E-state index >= 15 is 0 Å². The van der Waals surface area contributed by atoms with Crippen LogP contribution in [0.15, 0.2) is 106 Å². The molecule has 2 nitrogen and oxygen atoms in total. The second-order valence-corrected chi connectivity index (χ2v) is 12.9. The molecule has 3 aliphatic rings. The van der Waals surface area contributed by atoms with Gasteiger partial charge in [-0.25, -0.2) is 0 Å². The molecule has 1 aliphatic heterocycles. The molecule has 0 aromatic heterocycles. The van der Waals surface area contributed by atoms with Gasteiger partial charge in [0.1, 0.15) is 0 Å². The van der Waals surface area contributed by atoms with E-state index in [4.69, 9.17) is 9.47 Å². The van der Waals surface area contributed by atoms with Crippen LogP contribution in [0.4, 0.5) is 0 Å². The standard InChI is InChI=1S/C35H24Br2O2/c1-34(2)26-12-4-3-11-24(26)32-27(34)13-14-28-33(32)25-17-30-31(39-19-38-30)18-29(25)35(28,20-7-5-9-22(36)15-20)21-8-6-10-23(37)16-21/h3-18H,19H2,1-2H3. The van der Waals surface area contributed by atoms with Gasteiger partial charge in [0.05, 0.1) is 5.41 Å².